The maximum atomic E-state index is 8.82. The van der Waals surface area contributed by atoms with Gasteiger partial charge < -0.3 is 10.2 Å². The summed E-state index contributed by atoms with van der Waals surface area (Å²) in [6.07, 6.45) is 2.91. The van der Waals surface area contributed by atoms with Crippen LogP contribution in [0.2, 0.25) is 0 Å². The molecule has 19 heavy (non-hydrogen) atoms. The van der Waals surface area contributed by atoms with Crippen molar-refractivity contribution in [3.8, 4) is 6.07 Å². The zero-order chi connectivity index (χ0) is 13.2. The maximum Gasteiger partial charge on any atom is 0.225 e. The second kappa shape index (κ2) is 5.02. The molecular weight excluding hydrogens is 258 g/mol. The Labute approximate surface area is 115 Å². The topological polar surface area (TPSA) is 64.8 Å². The monoisotopic (exact) mass is 273 g/mol. The molecule has 5 nitrogen and oxygen atoms in total. The Hall–Kier alpha value is -1.87. The van der Waals surface area contributed by atoms with Crippen molar-refractivity contribution in [3.63, 3.8) is 0 Å². The number of thiophene rings is 1. The van der Waals surface area contributed by atoms with E-state index in [2.05, 4.69) is 32.3 Å². The molecule has 0 atom stereocenters. The minimum absolute atomic E-state index is 0.529. The van der Waals surface area contributed by atoms with Crippen LogP contribution in [0.3, 0.4) is 0 Å². The lowest BCUT2D eigenvalue weighted by Gasteiger charge is -2.23. The van der Waals surface area contributed by atoms with E-state index in [-0.39, 0.29) is 0 Å². The number of hydrogen-bond acceptors (Lipinski definition) is 6. The second-order valence-electron chi connectivity index (χ2n) is 4.59. The average molecular weight is 273 g/mol. The van der Waals surface area contributed by atoms with Crippen LogP contribution in [0.5, 0.6) is 0 Å². The standard InChI is InChI=1S/C13H15N5S/c1-15-13-16-11(10-5-8-19-12(10)17-13)18(7-2-6-14)9-3-4-9/h5,8-9H,2-4,7H2,1H3,(H,15,16,17). The van der Waals surface area contributed by atoms with Gasteiger partial charge in [-0.05, 0) is 24.3 Å². The Kier molecular flexibility index (Phi) is 3.22. The fourth-order valence-corrected chi connectivity index (χ4v) is 2.95. The van der Waals surface area contributed by atoms with E-state index in [1.165, 1.54) is 12.8 Å². The first-order valence-electron chi connectivity index (χ1n) is 6.40. The Morgan fingerprint density at radius 3 is 3.05 bits per heavy atom. The summed E-state index contributed by atoms with van der Waals surface area (Å²) >= 11 is 1.62. The number of nitrogens with one attached hydrogen (secondary N) is 1. The van der Waals surface area contributed by atoms with E-state index < -0.39 is 0 Å². The summed E-state index contributed by atoms with van der Waals surface area (Å²) in [5, 5.41) is 15.0. The summed E-state index contributed by atoms with van der Waals surface area (Å²) in [7, 11) is 1.83. The van der Waals surface area contributed by atoms with Crippen LogP contribution >= 0.6 is 11.3 Å². The number of anilines is 2. The summed E-state index contributed by atoms with van der Waals surface area (Å²) in [4.78, 5) is 12.3. The van der Waals surface area contributed by atoms with E-state index in [9.17, 15) is 0 Å². The van der Waals surface area contributed by atoms with Crippen molar-refractivity contribution < 1.29 is 0 Å². The largest absolute Gasteiger partial charge is 0.357 e. The minimum Gasteiger partial charge on any atom is -0.357 e. The summed E-state index contributed by atoms with van der Waals surface area (Å²) in [6.45, 7) is 0.742. The molecule has 0 amide bonds. The van der Waals surface area contributed by atoms with E-state index in [0.717, 1.165) is 22.6 Å². The summed E-state index contributed by atoms with van der Waals surface area (Å²) in [5.41, 5.74) is 0. The predicted molar refractivity (Wildman–Crippen MR) is 77.6 cm³/mol. The van der Waals surface area contributed by atoms with E-state index in [1.54, 1.807) is 11.3 Å². The quantitative estimate of drug-likeness (QED) is 0.907. The van der Waals surface area contributed by atoms with Crippen molar-refractivity contribution >= 4 is 33.3 Å². The van der Waals surface area contributed by atoms with Crippen molar-refractivity contribution in [3.05, 3.63) is 11.4 Å². The van der Waals surface area contributed by atoms with Crippen LogP contribution < -0.4 is 10.2 Å². The molecule has 98 valence electrons. The van der Waals surface area contributed by atoms with Gasteiger partial charge >= 0.3 is 0 Å². The van der Waals surface area contributed by atoms with Gasteiger partial charge in [-0.15, -0.1) is 11.3 Å². The fourth-order valence-electron chi connectivity index (χ4n) is 2.19. The molecule has 3 rings (SSSR count). The van der Waals surface area contributed by atoms with Gasteiger partial charge in [0.05, 0.1) is 17.9 Å². The molecule has 1 aliphatic carbocycles. The summed E-state index contributed by atoms with van der Waals surface area (Å²) in [6, 6.07) is 4.83. The Morgan fingerprint density at radius 1 is 1.53 bits per heavy atom. The van der Waals surface area contributed by atoms with Gasteiger partial charge in [-0.3, -0.25) is 0 Å². The molecule has 0 unspecified atom stereocenters. The highest BCUT2D eigenvalue weighted by Gasteiger charge is 2.31. The molecule has 2 aromatic heterocycles. The molecule has 0 bridgehead atoms. The molecule has 1 fully saturated rings. The number of nitriles is 1. The molecule has 0 aromatic carbocycles. The molecule has 1 aliphatic rings. The van der Waals surface area contributed by atoms with Gasteiger partial charge in [-0.2, -0.15) is 10.2 Å². The van der Waals surface area contributed by atoms with Crippen molar-refractivity contribution in [2.45, 2.75) is 25.3 Å². The molecule has 1 N–H and O–H groups in total. The van der Waals surface area contributed by atoms with Crippen LogP contribution in [-0.2, 0) is 0 Å². The third-order valence-electron chi connectivity index (χ3n) is 3.25. The highest BCUT2D eigenvalue weighted by Crippen LogP contribution is 2.36. The molecule has 0 spiro atoms. The van der Waals surface area contributed by atoms with Crippen molar-refractivity contribution in [2.75, 3.05) is 23.8 Å². The molecule has 2 aromatic rings. The van der Waals surface area contributed by atoms with Crippen LogP contribution in [0.15, 0.2) is 11.4 Å². The smallest absolute Gasteiger partial charge is 0.225 e. The maximum absolute atomic E-state index is 8.82. The van der Waals surface area contributed by atoms with E-state index in [4.69, 9.17) is 5.26 Å². The van der Waals surface area contributed by atoms with Gasteiger partial charge in [0.25, 0.3) is 0 Å². The highest BCUT2D eigenvalue weighted by molar-refractivity contribution is 7.16. The number of rotatable bonds is 5. The third-order valence-corrected chi connectivity index (χ3v) is 4.06. The van der Waals surface area contributed by atoms with Crippen LogP contribution in [-0.4, -0.2) is 29.6 Å². The van der Waals surface area contributed by atoms with Gasteiger partial charge in [-0.25, -0.2) is 4.98 Å². The van der Waals surface area contributed by atoms with Crippen LogP contribution in [0.25, 0.3) is 10.2 Å². The Balaban J connectivity index is 2.05. The Bertz CT molecular complexity index is 625. The van der Waals surface area contributed by atoms with Crippen molar-refractivity contribution in [1.29, 1.82) is 5.26 Å². The van der Waals surface area contributed by atoms with Crippen molar-refractivity contribution in [1.82, 2.24) is 9.97 Å². The Morgan fingerprint density at radius 2 is 2.37 bits per heavy atom. The zero-order valence-corrected chi connectivity index (χ0v) is 11.6. The third kappa shape index (κ3) is 2.34. The van der Waals surface area contributed by atoms with E-state index in [1.807, 2.05) is 12.4 Å². The molecule has 6 heteroatoms. The second-order valence-corrected chi connectivity index (χ2v) is 5.49. The van der Waals surface area contributed by atoms with Crippen molar-refractivity contribution in [2.24, 2.45) is 0 Å². The molecule has 0 saturated heterocycles. The fraction of sp³-hybridized carbons (Fsp3) is 0.462. The molecule has 0 radical (unpaired) electrons. The molecule has 2 heterocycles. The normalized spacial score (nSPS) is 14.3. The SMILES string of the molecule is CNc1nc(N(CCC#N)C2CC2)c2ccsc2n1. The lowest BCUT2D eigenvalue weighted by Crippen LogP contribution is -2.28. The average Bonchev–Trinajstić information content (AvgIpc) is 3.16. The highest BCUT2D eigenvalue weighted by atomic mass is 32.1. The predicted octanol–water partition coefficient (Wildman–Crippen LogP) is 2.62. The lowest BCUT2D eigenvalue weighted by atomic mass is 10.3. The minimum atomic E-state index is 0.529. The molecular formula is C13H15N5S. The van der Waals surface area contributed by atoms with Gasteiger partial charge in [0.1, 0.15) is 10.6 Å². The first kappa shape index (κ1) is 12.2. The van der Waals surface area contributed by atoms with Crippen LogP contribution in [0, 0.1) is 11.3 Å². The van der Waals surface area contributed by atoms with E-state index >= 15 is 0 Å². The number of nitrogens with zero attached hydrogens (tertiary/aromatic N) is 4. The van der Waals surface area contributed by atoms with Crippen LogP contribution in [0.4, 0.5) is 11.8 Å². The van der Waals surface area contributed by atoms with Gasteiger partial charge in [0, 0.05) is 19.6 Å². The molecule has 0 aliphatic heterocycles. The number of fused-ring (bicyclic) bond motifs is 1. The van der Waals surface area contributed by atoms with Gasteiger partial charge in [0.15, 0.2) is 0 Å². The first-order chi connectivity index (χ1) is 9.33. The van der Waals surface area contributed by atoms with Gasteiger partial charge in [0.2, 0.25) is 5.95 Å². The number of aromatic nitrogens is 2. The van der Waals surface area contributed by atoms with Crippen LogP contribution in [0.1, 0.15) is 19.3 Å². The number of hydrogen-bond donors (Lipinski definition) is 1. The summed E-state index contributed by atoms with van der Waals surface area (Å²) < 4.78 is 0. The van der Waals surface area contributed by atoms with E-state index in [0.29, 0.717) is 18.4 Å². The lowest BCUT2D eigenvalue weighted by molar-refractivity contribution is 0.781. The van der Waals surface area contributed by atoms with Gasteiger partial charge in [-0.1, -0.05) is 0 Å². The summed E-state index contributed by atoms with van der Waals surface area (Å²) in [5.74, 6) is 1.61. The molecule has 1 saturated carbocycles. The first-order valence-corrected chi connectivity index (χ1v) is 7.28. The zero-order valence-electron chi connectivity index (χ0n) is 10.8.